The largest absolute Gasteiger partial charge is 0.375 e. The molecule has 0 amide bonds. The molecule has 0 bridgehead atoms. The van der Waals surface area contributed by atoms with E-state index in [4.69, 9.17) is 4.74 Å². The Labute approximate surface area is 119 Å². The number of hydrogen-bond acceptors (Lipinski definition) is 2. The van der Waals surface area contributed by atoms with Crippen molar-refractivity contribution in [1.82, 2.24) is 5.32 Å². The van der Waals surface area contributed by atoms with Gasteiger partial charge in [-0.15, -0.1) is 0 Å². The Bertz CT molecular complexity index is 270. The molecule has 1 spiro atoms. The molecule has 0 heterocycles. The number of hydrogen-bond donors (Lipinski definition) is 1. The van der Waals surface area contributed by atoms with Crippen molar-refractivity contribution in [3.63, 3.8) is 0 Å². The van der Waals surface area contributed by atoms with Crippen molar-refractivity contribution >= 4 is 0 Å². The van der Waals surface area contributed by atoms with Crippen molar-refractivity contribution in [2.24, 2.45) is 11.3 Å². The van der Waals surface area contributed by atoms with Crippen LogP contribution in [-0.4, -0.2) is 24.8 Å². The molecule has 2 fully saturated rings. The van der Waals surface area contributed by atoms with Gasteiger partial charge in [0.1, 0.15) is 0 Å². The molecule has 2 aliphatic carbocycles. The van der Waals surface area contributed by atoms with Crippen LogP contribution in [0.5, 0.6) is 0 Å². The molecule has 3 unspecified atom stereocenters. The third-order valence-electron chi connectivity index (χ3n) is 5.16. The van der Waals surface area contributed by atoms with E-state index in [9.17, 15) is 0 Å². The molecule has 1 N–H and O–H groups in total. The molecule has 2 nitrogen and oxygen atoms in total. The van der Waals surface area contributed by atoms with E-state index in [1.807, 2.05) is 0 Å². The standard InChI is InChI=1S/C17H33NO/c1-5-10-18-15-12-16(17(15)8-6-7-9-17)19-14(4)11-13(2)3/h13-16,18H,5-12H2,1-4H3. The molecule has 0 saturated heterocycles. The summed E-state index contributed by atoms with van der Waals surface area (Å²) in [6.45, 7) is 10.3. The zero-order chi connectivity index (χ0) is 13.9. The smallest absolute Gasteiger partial charge is 0.0664 e. The average Bonchev–Trinajstić information content (AvgIpc) is 2.84. The van der Waals surface area contributed by atoms with Gasteiger partial charge in [-0.25, -0.2) is 0 Å². The predicted molar refractivity (Wildman–Crippen MR) is 81.4 cm³/mol. The lowest BCUT2D eigenvalue weighted by atomic mass is 9.60. The monoisotopic (exact) mass is 267 g/mol. The van der Waals surface area contributed by atoms with Gasteiger partial charge in [-0.1, -0.05) is 33.6 Å². The van der Waals surface area contributed by atoms with Gasteiger partial charge in [0.2, 0.25) is 0 Å². The third kappa shape index (κ3) is 3.33. The molecule has 3 atom stereocenters. The topological polar surface area (TPSA) is 21.3 Å². The van der Waals surface area contributed by atoms with Gasteiger partial charge in [0, 0.05) is 11.5 Å². The minimum absolute atomic E-state index is 0.426. The van der Waals surface area contributed by atoms with Gasteiger partial charge in [0.25, 0.3) is 0 Å². The van der Waals surface area contributed by atoms with E-state index in [1.54, 1.807) is 0 Å². The van der Waals surface area contributed by atoms with Crippen LogP contribution < -0.4 is 5.32 Å². The minimum Gasteiger partial charge on any atom is -0.375 e. The van der Waals surface area contributed by atoms with Crippen LogP contribution in [0, 0.1) is 11.3 Å². The fraction of sp³-hybridized carbons (Fsp3) is 1.00. The average molecular weight is 267 g/mol. The maximum Gasteiger partial charge on any atom is 0.0664 e. The lowest BCUT2D eigenvalue weighted by Crippen LogP contribution is -2.63. The van der Waals surface area contributed by atoms with Gasteiger partial charge in [0.15, 0.2) is 0 Å². The molecular formula is C17H33NO. The summed E-state index contributed by atoms with van der Waals surface area (Å²) in [7, 11) is 0. The third-order valence-corrected chi connectivity index (χ3v) is 5.16. The van der Waals surface area contributed by atoms with Crippen LogP contribution >= 0.6 is 0 Å². The Morgan fingerprint density at radius 2 is 1.89 bits per heavy atom. The fourth-order valence-corrected chi connectivity index (χ4v) is 4.25. The Balaban J connectivity index is 1.88. The molecule has 2 rings (SSSR count). The molecule has 0 radical (unpaired) electrons. The van der Waals surface area contributed by atoms with E-state index in [0.29, 0.717) is 17.6 Å². The summed E-state index contributed by atoms with van der Waals surface area (Å²) in [4.78, 5) is 0. The zero-order valence-corrected chi connectivity index (χ0v) is 13.4. The van der Waals surface area contributed by atoms with Crippen LogP contribution in [-0.2, 0) is 4.74 Å². The van der Waals surface area contributed by atoms with Gasteiger partial charge in [-0.05, 0) is 51.5 Å². The molecule has 0 aromatic heterocycles. The van der Waals surface area contributed by atoms with Crippen molar-refractivity contribution in [2.75, 3.05) is 6.54 Å². The zero-order valence-electron chi connectivity index (χ0n) is 13.4. The summed E-state index contributed by atoms with van der Waals surface area (Å²) in [5.41, 5.74) is 0.487. The Hall–Kier alpha value is -0.0800. The Morgan fingerprint density at radius 3 is 2.47 bits per heavy atom. The molecule has 112 valence electrons. The van der Waals surface area contributed by atoms with Crippen LogP contribution in [0.1, 0.15) is 72.6 Å². The lowest BCUT2D eigenvalue weighted by Gasteiger charge is -2.55. The Kier molecular flexibility index (Phi) is 5.30. The van der Waals surface area contributed by atoms with E-state index >= 15 is 0 Å². The molecule has 2 saturated carbocycles. The van der Waals surface area contributed by atoms with E-state index < -0.39 is 0 Å². The highest BCUT2D eigenvalue weighted by atomic mass is 16.5. The normalized spacial score (nSPS) is 30.8. The molecule has 0 aliphatic heterocycles. The van der Waals surface area contributed by atoms with Crippen LogP contribution in [0.25, 0.3) is 0 Å². The highest BCUT2D eigenvalue weighted by Crippen LogP contribution is 2.55. The quantitative estimate of drug-likeness (QED) is 0.748. The molecule has 0 aromatic rings. The first kappa shape index (κ1) is 15.3. The summed E-state index contributed by atoms with van der Waals surface area (Å²) >= 11 is 0. The predicted octanol–water partition coefficient (Wildman–Crippen LogP) is 4.14. The fourth-order valence-electron chi connectivity index (χ4n) is 4.25. The van der Waals surface area contributed by atoms with Crippen molar-refractivity contribution in [2.45, 2.75) is 90.9 Å². The van der Waals surface area contributed by atoms with Crippen molar-refractivity contribution < 1.29 is 4.74 Å². The van der Waals surface area contributed by atoms with E-state index in [2.05, 4.69) is 33.0 Å². The van der Waals surface area contributed by atoms with Gasteiger partial charge in [-0.3, -0.25) is 0 Å². The lowest BCUT2D eigenvalue weighted by molar-refractivity contribution is -0.159. The summed E-state index contributed by atoms with van der Waals surface area (Å²) in [6.07, 6.45) is 10.2. The van der Waals surface area contributed by atoms with Crippen molar-refractivity contribution in [3.8, 4) is 0 Å². The number of rotatable bonds is 7. The maximum atomic E-state index is 6.41. The summed E-state index contributed by atoms with van der Waals surface area (Å²) < 4.78 is 6.41. The van der Waals surface area contributed by atoms with Crippen molar-refractivity contribution in [3.05, 3.63) is 0 Å². The number of ether oxygens (including phenoxy) is 1. The van der Waals surface area contributed by atoms with Gasteiger partial charge < -0.3 is 10.1 Å². The molecule has 19 heavy (non-hydrogen) atoms. The minimum atomic E-state index is 0.426. The van der Waals surface area contributed by atoms with Crippen molar-refractivity contribution in [1.29, 1.82) is 0 Å². The molecular weight excluding hydrogens is 234 g/mol. The van der Waals surface area contributed by atoms with Crippen LogP contribution in [0.3, 0.4) is 0 Å². The van der Waals surface area contributed by atoms with Gasteiger partial charge in [0.05, 0.1) is 12.2 Å². The first-order valence-electron chi connectivity index (χ1n) is 8.47. The van der Waals surface area contributed by atoms with E-state index in [-0.39, 0.29) is 0 Å². The summed E-state index contributed by atoms with van der Waals surface area (Å²) in [6, 6.07) is 0.728. The first-order chi connectivity index (χ1) is 9.08. The van der Waals surface area contributed by atoms with Crippen LogP contribution in [0.4, 0.5) is 0 Å². The molecule has 2 aliphatic rings. The maximum absolute atomic E-state index is 6.41. The highest BCUT2D eigenvalue weighted by molar-refractivity contribution is 5.10. The summed E-state index contributed by atoms with van der Waals surface area (Å²) in [5, 5.41) is 3.77. The second kappa shape index (κ2) is 6.58. The highest BCUT2D eigenvalue weighted by Gasteiger charge is 2.56. The summed E-state index contributed by atoms with van der Waals surface area (Å²) in [5.74, 6) is 0.739. The van der Waals surface area contributed by atoms with Gasteiger partial charge >= 0.3 is 0 Å². The van der Waals surface area contributed by atoms with Crippen LogP contribution in [0.2, 0.25) is 0 Å². The van der Waals surface area contributed by atoms with Crippen LogP contribution in [0.15, 0.2) is 0 Å². The molecule has 2 heteroatoms. The van der Waals surface area contributed by atoms with E-state index in [1.165, 1.54) is 51.5 Å². The molecule has 0 aromatic carbocycles. The van der Waals surface area contributed by atoms with Gasteiger partial charge in [-0.2, -0.15) is 0 Å². The second-order valence-electron chi connectivity index (χ2n) is 7.25. The SMILES string of the molecule is CCCNC1CC(OC(C)CC(C)C)C12CCCC2. The first-order valence-corrected chi connectivity index (χ1v) is 8.47. The van der Waals surface area contributed by atoms with E-state index in [0.717, 1.165) is 12.0 Å². The Morgan fingerprint density at radius 1 is 1.21 bits per heavy atom. The second-order valence-corrected chi connectivity index (χ2v) is 7.25. The number of nitrogens with one attached hydrogen (secondary N) is 1.